The molecule has 3 heteroatoms. The fraction of sp³-hybridized carbons (Fsp3) is 0.364. The van der Waals surface area contributed by atoms with Crippen LogP contribution in [0.3, 0.4) is 0 Å². The molecule has 1 N–H and O–H groups in total. The lowest BCUT2D eigenvalue weighted by Gasteiger charge is -2.05. The normalized spacial score (nSPS) is 9.93. The lowest BCUT2D eigenvalue weighted by molar-refractivity contribution is 0.0600. The molecule has 0 spiro atoms. The Bertz CT molecular complexity index is 309. The van der Waals surface area contributed by atoms with Gasteiger partial charge in [-0.2, -0.15) is 0 Å². The molecule has 0 aromatic heterocycles. The molecule has 0 saturated heterocycles. The van der Waals surface area contributed by atoms with Gasteiger partial charge in [0.2, 0.25) is 0 Å². The molecule has 0 fully saturated rings. The van der Waals surface area contributed by atoms with Crippen LogP contribution in [0.1, 0.15) is 28.4 Å². The molecule has 0 radical (unpaired) electrons. The molecule has 0 bridgehead atoms. The lowest BCUT2D eigenvalue weighted by Crippen LogP contribution is -2.03. The van der Waals surface area contributed by atoms with Crippen molar-refractivity contribution < 1.29 is 14.6 Å². The molecule has 0 atom stereocenters. The Labute approximate surface area is 83.3 Å². The quantitative estimate of drug-likeness (QED) is 0.742. The molecule has 0 amide bonds. The van der Waals surface area contributed by atoms with Crippen molar-refractivity contribution in [3.05, 3.63) is 34.9 Å². The Kier molecular flexibility index (Phi) is 3.65. The smallest absolute Gasteiger partial charge is 0.337 e. The second-order valence-electron chi connectivity index (χ2n) is 3.04. The number of aryl methyl sites for hydroxylation is 1. The summed E-state index contributed by atoms with van der Waals surface area (Å²) in [6, 6.07) is 5.31. The zero-order valence-corrected chi connectivity index (χ0v) is 8.41. The van der Waals surface area contributed by atoms with E-state index in [9.17, 15) is 4.79 Å². The highest BCUT2D eigenvalue weighted by molar-refractivity contribution is 5.89. The summed E-state index contributed by atoms with van der Waals surface area (Å²) in [6.45, 7) is 1.94. The van der Waals surface area contributed by atoms with Crippen LogP contribution >= 0.6 is 0 Å². The summed E-state index contributed by atoms with van der Waals surface area (Å²) in [5.41, 5.74) is 2.26. The van der Waals surface area contributed by atoms with Gasteiger partial charge in [-0.1, -0.05) is 13.0 Å². The van der Waals surface area contributed by atoms with E-state index in [-0.39, 0.29) is 12.6 Å². The molecule has 0 heterocycles. The summed E-state index contributed by atoms with van der Waals surface area (Å²) in [4.78, 5) is 11.2. The van der Waals surface area contributed by atoms with Crippen LogP contribution in [-0.2, 0) is 17.8 Å². The molecule has 1 rings (SSSR count). The topological polar surface area (TPSA) is 46.5 Å². The summed E-state index contributed by atoms with van der Waals surface area (Å²) in [5.74, 6) is -0.366. The van der Waals surface area contributed by atoms with Crippen molar-refractivity contribution in [2.45, 2.75) is 20.0 Å². The van der Waals surface area contributed by atoms with Gasteiger partial charge in [0.15, 0.2) is 0 Å². The lowest BCUT2D eigenvalue weighted by atomic mass is 10.0. The summed E-state index contributed by atoms with van der Waals surface area (Å²) in [5, 5.41) is 8.98. The van der Waals surface area contributed by atoms with Gasteiger partial charge in [0.25, 0.3) is 0 Å². The minimum absolute atomic E-state index is 0.0577. The number of esters is 1. The number of carbonyl (C=O) groups excluding carboxylic acids is 1. The molecular weight excluding hydrogens is 180 g/mol. The molecular formula is C11H14O3. The van der Waals surface area contributed by atoms with Crippen LogP contribution in [-0.4, -0.2) is 18.2 Å². The summed E-state index contributed by atoms with van der Waals surface area (Å²) < 4.78 is 4.61. The van der Waals surface area contributed by atoms with E-state index in [1.54, 1.807) is 12.1 Å². The molecule has 0 saturated carbocycles. The van der Waals surface area contributed by atoms with Crippen LogP contribution in [0.2, 0.25) is 0 Å². The monoisotopic (exact) mass is 194 g/mol. The number of ether oxygens (including phenoxy) is 1. The van der Waals surface area contributed by atoms with E-state index in [4.69, 9.17) is 5.11 Å². The van der Waals surface area contributed by atoms with Crippen LogP contribution in [0.5, 0.6) is 0 Å². The molecule has 1 aromatic rings. The highest BCUT2D eigenvalue weighted by Gasteiger charge is 2.07. The first-order chi connectivity index (χ1) is 6.71. The van der Waals surface area contributed by atoms with E-state index in [0.717, 1.165) is 17.5 Å². The fourth-order valence-corrected chi connectivity index (χ4v) is 1.29. The predicted molar refractivity (Wildman–Crippen MR) is 53.1 cm³/mol. The Morgan fingerprint density at radius 3 is 2.50 bits per heavy atom. The van der Waals surface area contributed by atoms with Crippen molar-refractivity contribution in [3.63, 3.8) is 0 Å². The summed E-state index contributed by atoms with van der Waals surface area (Å²) in [6.07, 6.45) is 0.831. The molecule has 3 nitrogen and oxygen atoms in total. The van der Waals surface area contributed by atoms with Crippen molar-refractivity contribution in [2.24, 2.45) is 0 Å². The van der Waals surface area contributed by atoms with Crippen LogP contribution < -0.4 is 0 Å². The van der Waals surface area contributed by atoms with Gasteiger partial charge in [0, 0.05) is 0 Å². The Balaban J connectivity index is 3.10. The Hall–Kier alpha value is -1.35. The van der Waals surface area contributed by atoms with Crippen LogP contribution in [0.25, 0.3) is 0 Å². The minimum atomic E-state index is -0.366. The second kappa shape index (κ2) is 4.77. The van der Waals surface area contributed by atoms with E-state index in [1.807, 2.05) is 13.0 Å². The van der Waals surface area contributed by atoms with Gasteiger partial charge in [0.1, 0.15) is 0 Å². The number of carbonyl (C=O) groups is 1. The third kappa shape index (κ3) is 2.33. The molecule has 0 aliphatic heterocycles. The fourth-order valence-electron chi connectivity index (χ4n) is 1.29. The van der Waals surface area contributed by atoms with Crippen molar-refractivity contribution >= 4 is 5.97 Å². The third-order valence-corrected chi connectivity index (χ3v) is 2.06. The zero-order chi connectivity index (χ0) is 10.6. The number of hydrogen-bond donors (Lipinski definition) is 1. The third-order valence-electron chi connectivity index (χ3n) is 2.06. The maximum atomic E-state index is 11.2. The number of aliphatic hydroxyl groups is 1. The van der Waals surface area contributed by atoms with Gasteiger partial charge in [-0.15, -0.1) is 0 Å². The first-order valence-corrected chi connectivity index (χ1v) is 4.53. The standard InChI is InChI=1S/C11H14O3/c1-3-8-4-9(7-12)6-10(5-8)11(13)14-2/h4-6,12H,3,7H2,1-2H3. The van der Waals surface area contributed by atoms with E-state index in [0.29, 0.717) is 5.56 Å². The summed E-state index contributed by atoms with van der Waals surface area (Å²) in [7, 11) is 1.35. The number of hydrogen-bond acceptors (Lipinski definition) is 3. The average Bonchev–Trinajstić information content (AvgIpc) is 2.27. The van der Waals surface area contributed by atoms with Gasteiger partial charge in [-0.25, -0.2) is 4.79 Å². The van der Waals surface area contributed by atoms with Gasteiger partial charge in [-0.05, 0) is 29.7 Å². The van der Waals surface area contributed by atoms with E-state index >= 15 is 0 Å². The average molecular weight is 194 g/mol. The van der Waals surface area contributed by atoms with Crippen molar-refractivity contribution in [3.8, 4) is 0 Å². The molecule has 1 aromatic carbocycles. The molecule has 76 valence electrons. The Morgan fingerprint density at radius 2 is 2.00 bits per heavy atom. The zero-order valence-electron chi connectivity index (χ0n) is 8.41. The summed E-state index contributed by atoms with van der Waals surface area (Å²) >= 11 is 0. The second-order valence-corrected chi connectivity index (χ2v) is 3.04. The first kappa shape index (κ1) is 10.7. The molecule has 0 unspecified atom stereocenters. The maximum Gasteiger partial charge on any atom is 0.337 e. The highest BCUT2D eigenvalue weighted by atomic mass is 16.5. The van der Waals surface area contributed by atoms with Gasteiger partial charge in [-0.3, -0.25) is 0 Å². The van der Waals surface area contributed by atoms with E-state index < -0.39 is 0 Å². The Morgan fingerprint density at radius 1 is 1.36 bits per heavy atom. The maximum absolute atomic E-state index is 11.2. The van der Waals surface area contributed by atoms with Crippen molar-refractivity contribution in [1.29, 1.82) is 0 Å². The SMILES string of the molecule is CCc1cc(CO)cc(C(=O)OC)c1. The van der Waals surface area contributed by atoms with Gasteiger partial charge < -0.3 is 9.84 Å². The first-order valence-electron chi connectivity index (χ1n) is 4.53. The molecule has 0 aliphatic rings. The number of methoxy groups -OCH3 is 1. The van der Waals surface area contributed by atoms with Gasteiger partial charge >= 0.3 is 5.97 Å². The highest BCUT2D eigenvalue weighted by Crippen LogP contribution is 2.12. The van der Waals surface area contributed by atoms with Crippen LogP contribution in [0.4, 0.5) is 0 Å². The number of benzene rings is 1. The van der Waals surface area contributed by atoms with E-state index in [2.05, 4.69) is 4.74 Å². The van der Waals surface area contributed by atoms with Gasteiger partial charge in [0.05, 0.1) is 19.3 Å². The predicted octanol–water partition coefficient (Wildman–Crippen LogP) is 1.53. The number of rotatable bonds is 3. The number of aliphatic hydroxyl groups excluding tert-OH is 1. The van der Waals surface area contributed by atoms with E-state index in [1.165, 1.54) is 7.11 Å². The molecule has 0 aliphatic carbocycles. The van der Waals surface area contributed by atoms with Crippen molar-refractivity contribution in [1.82, 2.24) is 0 Å². The van der Waals surface area contributed by atoms with Crippen LogP contribution in [0, 0.1) is 0 Å². The van der Waals surface area contributed by atoms with Crippen molar-refractivity contribution in [2.75, 3.05) is 7.11 Å². The minimum Gasteiger partial charge on any atom is -0.465 e. The van der Waals surface area contributed by atoms with Crippen LogP contribution in [0.15, 0.2) is 18.2 Å². The largest absolute Gasteiger partial charge is 0.465 e. The molecule has 14 heavy (non-hydrogen) atoms.